The molecule has 0 saturated heterocycles. The van der Waals surface area contributed by atoms with Crippen LogP contribution in [-0.4, -0.2) is 33.0 Å². The van der Waals surface area contributed by atoms with Gasteiger partial charge in [-0.05, 0) is 25.5 Å². The minimum absolute atomic E-state index is 0.248. The Morgan fingerprint density at radius 2 is 1.33 bits per heavy atom. The monoisotopic (exact) mass is 382 g/mol. The van der Waals surface area contributed by atoms with Crippen LogP contribution in [0.4, 0.5) is 0 Å². The second-order valence-corrected chi connectivity index (χ2v) is 10.2. The molecule has 0 radical (unpaired) electrons. The fourth-order valence-electron chi connectivity index (χ4n) is 2.37. The Morgan fingerprint density at radius 3 is 1.79 bits per heavy atom. The predicted octanol–water partition coefficient (Wildman–Crippen LogP) is 3.87. The summed E-state index contributed by atoms with van der Waals surface area (Å²) in [6.07, 6.45) is 15.9. The lowest BCUT2D eigenvalue weighted by Gasteiger charge is -2.04. The van der Waals surface area contributed by atoms with Crippen molar-refractivity contribution in [3.05, 3.63) is 12.2 Å². The molecular weight excluding hydrogens is 347 g/mol. The highest BCUT2D eigenvalue weighted by Crippen LogP contribution is 2.31. The van der Waals surface area contributed by atoms with Crippen LogP contribution in [0.15, 0.2) is 12.2 Å². The van der Waals surface area contributed by atoms with Gasteiger partial charge in [0.05, 0.1) is 6.61 Å². The van der Waals surface area contributed by atoms with Crippen LogP contribution in [0.5, 0.6) is 0 Å². The summed E-state index contributed by atoms with van der Waals surface area (Å²) in [7, 11) is 0.383. The van der Waals surface area contributed by atoms with Crippen molar-refractivity contribution in [3.8, 4) is 0 Å². The second kappa shape index (κ2) is 16.3. The molecule has 0 aromatic heterocycles. The maximum absolute atomic E-state index is 11.1. The lowest BCUT2D eigenvalue weighted by atomic mass is 10.1. The Balaban J connectivity index is 3.17. The minimum atomic E-state index is -3.56. The zero-order valence-corrected chi connectivity index (χ0v) is 16.7. The van der Waals surface area contributed by atoms with Crippen LogP contribution >= 0.6 is 6.72 Å². The molecule has 0 fully saturated rings. The fourth-order valence-corrected chi connectivity index (χ4v) is 4.23. The van der Waals surface area contributed by atoms with Gasteiger partial charge >= 0.3 is 5.97 Å². The topological polar surface area (TPSA) is 87.0 Å². The summed E-state index contributed by atoms with van der Waals surface area (Å²) in [5.74, 6) is 0.420. The van der Waals surface area contributed by atoms with Crippen LogP contribution in [0, 0.1) is 0 Å². The van der Waals surface area contributed by atoms with Crippen LogP contribution in [0.3, 0.4) is 0 Å². The number of hydrogen-bond acceptors (Lipinski definition) is 2. The smallest absolute Gasteiger partial charge is 0.330 e. The first-order valence-electron chi connectivity index (χ1n) is 9.01. The quantitative estimate of drug-likeness (QED) is 0.114. The van der Waals surface area contributed by atoms with E-state index in [4.69, 9.17) is 19.4 Å². The van der Waals surface area contributed by atoms with Gasteiger partial charge in [0.1, 0.15) is 0 Å². The van der Waals surface area contributed by atoms with Gasteiger partial charge in [-0.15, -0.1) is 10.9 Å². The maximum Gasteiger partial charge on any atom is 0.330 e. The summed E-state index contributed by atoms with van der Waals surface area (Å²) in [4.78, 5) is 37.6. The van der Waals surface area contributed by atoms with Crippen LogP contribution in [0.25, 0.3) is 0 Å². The molecule has 0 aromatic rings. The Hall–Kier alpha value is -0.130. The molecule has 3 N–H and O–H groups in total. The van der Waals surface area contributed by atoms with Gasteiger partial charge in [-0.2, -0.15) is 0 Å². The van der Waals surface area contributed by atoms with E-state index in [0.29, 0.717) is 23.3 Å². The highest BCUT2D eigenvalue weighted by molar-refractivity contribution is 8.16. The fraction of sp³-hybridized carbons (Fsp3) is 0.824. The lowest BCUT2D eigenvalue weighted by Crippen LogP contribution is -2.01. The molecule has 5 nitrogen and oxygen atoms in total. The van der Waals surface area contributed by atoms with Crippen LogP contribution < -0.4 is 0 Å². The van der Waals surface area contributed by atoms with E-state index in [1.807, 2.05) is 0 Å². The second-order valence-electron chi connectivity index (χ2n) is 5.96. The number of rotatable bonds is 15. The molecule has 0 amide bonds. The van der Waals surface area contributed by atoms with Gasteiger partial charge in [-0.1, -0.05) is 63.9 Å². The maximum atomic E-state index is 11.1. The largest absolute Gasteiger partial charge is 0.463 e. The van der Waals surface area contributed by atoms with Gasteiger partial charge in [0.25, 0.3) is 6.72 Å². The third-order valence-electron chi connectivity index (χ3n) is 3.64. The van der Waals surface area contributed by atoms with Crippen molar-refractivity contribution in [2.75, 3.05) is 12.4 Å². The average Bonchev–Trinajstić information content (AvgIpc) is 2.50. The van der Waals surface area contributed by atoms with Crippen LogP contribution in [0.1, 0.15) is 77.6 Å². The van der Waals surface area contributed by atoms with Crippen molar-refractivity contribution in [1.82, 2.24) is 0 Å². The van der Waals surface area contributed by atoms with E-state index in [1.165, 1.54) is 51.0 Å². The van der Waals surface area contributed by atoms with Crippen LogP contribution in [0.2, 0.25) is 0 Å². The molecule has 0 aromatic carbocycles. The minimum Gasteiger partial charge on any atom is -0.463 e. The molecule has 0 aliphatic heterocycles. The van der Waals surface area contributed by atoms with Gasteiger partial charge in [0.2, 0.25) is 0 Å². The van der Waals surface area contributed by atoms with Crippen molar-refractivity contribution >= 4 is 23.6 Å². The molecule has 0 aliphatic rings. The highest BCUT2D eigenvalue weighted by atomic mass is 32.5. The summed E-state index contributed by atoms with van der Waals surface area (Å²) in [6, 6.07) is 0. The van der Waals surface area contributed by atoms with Crippen molar-refractivity contribution in [2.45, 2.75) is 77.6 Å². The summed E-state index contributed by atoms with van der Waals surface area (Å²) in [6.45, 7) is -1.24. The van der Waals surface area contributed by atoms with E-state index in [-0.39, 0.29) is 5.97 Å². The molecule has 0 bridgehead atoms. The van der Waals surface area contributed by atoms with Crippen molar-refractivity contribution in [2.24, 2.45) is 0 Å². The number of unbranched alkanes of at least 4 members (excludes halogenated alkanes) is 10. The molecule has 144 valence electrons. The van der Waals surface area contributed by atoms with Gasteiger partial charge in [-0.3, -0.25) is 0 Å². The molecule has 0 rings (SSSR count). The number of ether oxygens (including phenoxy) is 1. The average molecular weight is 383 g/mol. The number of carbonyl (C=O) groups excluding carboxylic acids is 1. The molecular formula is C17H35O5PS. The third kappa shape index (κ3) is 19.9. The van der Waals surface area contributed by atoms with Crippen molar-refractivity contribution < 1.29 is 24.2 Å². The molecule has 7 heteroatoms. The Morgan fingerprint density at radius 1 is 0.875 bits per heavy atom. The number of carbonyl (C=O) groups is 1. The van der Waals surface area contributed by atoms with Crippen molar-refractivity contribution in [1.29, 1.82) is 0 Å². The predicted molar refractivity (Wildman–Crippen MR) is 104 cm³/mol. The first kappa shape index (κ1) is 23.9. The normalized spacial score (nSPS) is 12.0. The van der Waals surface area contributed by atoms with Gasteiger partial charge in [-0.25, -0.2) is 4.79 Å². The molecule has 24 heavy (non-hydrogen) atoms. The molecule has 0 saturated carbocycles. The molecule has 0 spiro atoms. The van der Waals surface area contributed by atoms with E-state index in [1.54, 1.807) is 13.0 Å². The summed E-state index contributed by atoms with van der Waals surface area (Å²) in [5.41, 5.74) is 0. The third-order valence-corrected chi connectivity index (χ3v) is 6.27. The van der Waals surface area contributed by atoms with E-state index in [2.05, 4.69) is 0 Å². The van der Waals surface area contributed by atoms with E-state index in [0.717, 1.165) is 25.7 Å². The molecule has 0 aliphatic carbocycles. The van der Waals surface area contributed by atoms with Gasteiger partial charge < -0.3 is 19.4 Å². The van der Waals surface area contributed by atoms with Crippen LogP contribution in [-0.2, 0) is 20.5 Å². The standard InChI is InChI=1S/C17H35O5PS/c1-2-14-17(18)22-15-12-10-8-6-4-3-5-7-9-11-13-16-24-23(19,20)21/h2,14,19-21,24H,3-13,15-16H2,1H3. The molecule has 0 atom stereocenters. The molecule has 0 unspecified atom stereocenters. The number of allylic oxidation sites excluding steroid dienone is 1. The highest BCUT2D eigenvalue weighted by Gasteiger charge is 1.99. The van der Waals surface area contributed by atoms with E-state index < -0.39 is 6.72 Å². The zero-order valence-electron chi connectivity index (χ0n) is 14.9. The zero-order chi connectivity index (χ0) is 18.1. The molecule has 0 heterocycles. The van der Waals surface area contributed by atoms with Gasteiger partial charge in [0, 0.05) is 6.08 Å². The Bertz CT molecular complexity index is 384. The van der Waals surface area contributed by atoms with Gasteiger partial charge in [0.15, 0.2) is 0 Å². The Kier molecular flexibility index (Phi) is 16.3. The number of thiol groups is 1. The first-order valence-corrected chi connectivity index (χ1v) is 12.4. The summed E-state index contributed by atoms with van der Waals surface area (Å²) < 4.78 is 5.03. The SMILES string of the molecule is CC=CC(=O)OCCCCCCCCCCCCC[SH]=P(O)(O)O. The van der Waals surface area contributed by atoms with Crippen molar-refractivity contribution in [3.63, 3.8) is 0 Å². The number of esters is 1. The Labute approximate surface area is 150 Å². The number of hydrogen-bond donors (Lipinski definition) is 4. The van der Waals surface area contributed by atoms with E-state index >= 15 is 0 Å². The first-order chi connectivity index (χ1) is 11.5. The summed E-state index contributed by atoms with van der Waals surface area (Å²) >= 11 is 0. The lowest BCUT2D eigenvalue weighted by molar-refractivity contribution is -0.137. The summed E-state index contributed by atoms with van der Waals surface area (Å²) in [5, 5.41) is 0. The van der Waals surface area contributed by atoms with E-state index in [9.17, 15) is 4.79 Å².